The molecule has 1 N–H and O–H groups in total. The van der Waals surface area contributed by atoms with Crippen molar-refractivity contribution in [3.63, 3.8) is 0 Å². The Hall–Kier alpha value is -2.63. The van der Waals surface area contributed by atoms with Crippen molar-refractivity contribution in [2.45, 2.75) is 39.0 Å². The van der Waals surface area contributed by atoms with Crippen LogP contribution in [0.1, 0.15) is 26.3 Å². The molecule has 0 aliphatic heterocycles. The maximum absolute atomic E-state index is 14.7. The van der Waals surface area contributed by atoms with Gasteiger partial charge in [-0.1, -0.05) is 24.3 Å². The molecule has 1 unspecified atom stereocenters. The van der Waals surface area contributed by atoms with Gasteiger partial charge in [0.15, 0.2) is 0 Å². The molecule has 1 heterocycles. The lowest BCUT2D eigenvalue weighted by Gasteiger charge is -2.27. The van der Waals surface area contributed by atoms with Crippen molar-refractivity contribution >= 4 is 16.9 Å². The topological polar surface area (TPSA) is 53.7 Å². The summed E-state index contributed by atoms with van der Waals surface area (Å²) in [5.41, 5.74) is 0.0150. The van der Waals surface area contributed by atoms with E-state index in [0.717, 1.165) is 15.5 Å². The molecule has 26 heavy (non-hydrogen) atoms. The fourth-order valence-electron chi connectivity index (χ4n) is 2.72. The van der Waals surface area contributed by atoms with Gasteiger partial charge in [-0.3, -0.25) is 5.21 Å². The number of hydrogen-bond donors (Lipinski definition) is 1. The van der Waals surface area contributed by atoms with Crippen molar-refractivity contribution in [3.05, 3.63) is 54.9 Å². The quantitative estimate of drug-likeness (QED) is 0.485. The molecule has 1 atom stereocenters. The van der Waals surface area contributed by atoms with Gasteiger partial charge >= 0.3 is 6.09 Å². The van der Waals surface area contributed by atoms with Crippen LogP contribution in [-0.2, 0) is 11.2 Å². The molecule has 1 amide bonds. The van der Waals surface area contributed by atoms with Crippen LogP contribution in [0.2, 0.25) is 0 Å². The van der Waals surface area contributed by atoms with Gasteiger partial charge in [-0.15, -0.1) is 6.58 Å². The Morgan fingerprint density at radius 1 is 1.38 bits per heavy atom. The monoisotopic (exact) mass is 361 g/mol. The molecular weight excluding hydrogens is 335 g/mol. The molecule has 1 aromatic carbocycles. The number of carbonyl (C=O) groups is 1. The largest absolute Gasteiger partial charge is 0.444 e. The fourth-order valence-corrected chi connectivity index (χ4v) is 2.72. The van der Waals surface area contributed by atoms with Gasteiger partial charge in [-0.2, -0.15) is 0 Å². The summed E-state index contributed by atoms with van der Waals surface area (Å²) in [5.74, 6) is 0. The third kappa shape index (κ3) is 5.44. The Balaban J connectivity index is 2.14. The first-order valence-electron chi connectivity index (χ1n) is 8.54. The van der Waals surface area contributed by atoms with Crippen LogP contribution in [0.4, 0.5) is 9.18 Å². The number of amides is 1. The average Bonchev–Trinajstić information content (AvgIpc) is 2.52. The van der Waals surface area contributed by atoms with Crippen LogP contribution < -0.4 is 4.73 Å². The summed E-state index contributed by atoms with van der Waals surface area (Å²) in [7, 11) is 0. The molecule has 2 aromatic rings. The minimum Gasteiger partial charge on any atom is -0.444 e. The lowest BCUT2D eigenvalue weighted by atomic mass is 10.0. The number of alkyl halides is 1. The summed E-state index contributed by atoms with van der Waals surface area (Å²) in [5, 5.41) is 11.5. The van der Waals surface area contributed by atoms with Crippen LogP contribution in [0, 0.1) is 0 Å². The number of halogens is 1. The summed E-state index contributed by atoms with van der Waals surface area (Å²) in [6.45, 7) is 8.99. The normalized spacial score (nSPS) is 12.6. The smallest absolute Gasteiger partial charge is 0.410 e. The standard InChI is InChI=1S/C20H26FN2O3/c1-5-10-22(19(24)26-20(2,3)4)14-17(21)11-16-13-23(25)12-15-8-6-7-9-18(15)16/h5-9,12-13,17,25H,1,10-11,14H2,2-4H3/q+1. The molecule has 0 saturated carbocycles. The Morgan fingerprint density at radius 3 is 2.73 bits per heavy atom. The van der Waals surface area contributed by atoms with Crippen molar-refractivity contribution in [2.24, 2.45) is 0 Å². The van der Waals surface area contributed by atoms with E-state index in [9.17, 15) is 14.4 Å². The van der Waals surface area contributed by atoms with E-state index in [1.54, 1.807) is 27.0 Å². The van der Waals surface area contributed by atoms with E-state index in [1.165, 1.54) is 17.2 Å². The van der Waals surface area contributed by atoms with Crippen molar-refractivity contribution in [1.29, 1.82) is 0 Å². The number of ether oxygens (including phenoxy) is 1. The highest BCUT2D eigenvalue weighted by Gasteiger charge is 2.25. The highest BCUT2D eigenvalue weighted by molar-refractivity contribution is 5.83. The van der Waals surface area contributed by atoms with E-state index in [4.69, 9.17) is 4.74 Å². The zero-order valence-corrected chi connectivity index (χ0v) is 15.5. The maximum atomic E-state index is 14.7. The van der Waals surface area contributed by atoms with Crippen LogP contribution in [-0.4, -0.2) is 41.1 Å². The van der Waals surface area contributed by atoms with Crippen LogP contribution in [0.25, 0.3) is 10.8 Å². The van der Waals surface area contributed by atoms with Crippen molar-refractivity contribution in [1.82, 2.24) is 4.90 Å². The van der Waals surface area contributed by atoms with E-state index in [-0.39, 0.29) is 19.5 Å². The minimum atomic E-state index is -1.31. The van der Waals surface area contributed by atoms with Crippen LogP contribution >= 0.6 is 0 Å². The first-order valence-corrected chi connectivity index (χ1v) is 8.54. The average molecular weight is 361 g/mol. The summed E-state index contributed by atoms with van der Waals surface area (Å²) < 4.78 is 21.0. The number of benzene rings is 1. The second kappa shape index (κ2) is 8.17. The fraction of sp³-hybridized carbons (Fsp3) is 0.400. The molecule has 0 bridgehead atoms. The van der Waals surface area contributed by atoms with Gasteiger partial charge in [-0.25, -0.2) is 9.18 Å². The van der Waals surface area contributed by atoms with Gasteiger partial charge in [-0.05, 0) is 32.2 Å². The summed E-state index contributed by atoms with van der Waals surface area (Å²) in [4.78, 5) is 13.5. The Bertz CT molecular complexity index is 786. The third-order valence-corrected chi connectivity index (χ3v) is 3.73. The number of pyridine rings is 1. The zero-order valence-electron chi connectivity index (χ0n) is 15.5. The van der Waals surface area contributed by atoms with E-state index in [1.807, 2.05) is 24.3 Å². The summed E-state index contributed by atoms with van der Waals surface area (Å²) >= 11 is 0. The molecular formula is C20H26FN2O3+. The molecule has 5 nitrogen and oxygen atoms in total. The van der Waals surface area contributed by atoms with E-state index < -0.39 is 17.9 Å². The van der Waals surface area contributed by atoms with Gasteiger partial charge < -0.3 is 9.64 Å². The predicted molar refractivity (Wildman–Crippen MR) is 97.9 cm³/mol. The summed E-state index contributed by atoms with van der Waals surface area (Å²) in [6.07, 6.45) is 2.77. The molecule has 140 valence electrons. The highest BCUT2D eigenvalue weighted by Crippen LogP contribution is 2.19. The first-order chi connectivity index (χ1) is 12.2. The van der Waals surface area contributed by atoms with Crippen LogP contribution in [0.5, 0.6) is 0 Å². The lowest BCUT2D eigenvalue weighted by molar-refractivity contribution is -0.904. The molecule has 0 fully saturated rings. The molecule has 0 spiro atoms. The molecule has 0 radical (unpaired) electrons. The van der Waals surface area contributed by atoms with Gasteiger partial charge in [0.1, 0.15) is 11.8 Å². The van der Waals surface area contributed by atoms with E-state index >= 15 is 0 Å². The van der Waals surface area contributed by atoms with Gasteiger partial charge in [0, 0.05) is 23.3 Å². The molecule has 1 aromatic heterocycles. The van der Waals surface area contributed by atoms with Crippen LogP contribution in [0.3, 0.4) is 0 Å². The number of aromatic nitrogens is 1. The number of rotatable bonds is 6. The second-order valence-corrected chi connectivity index (χ2v) is 7.23. The number of nitrogens with zero attached hydrogens (tertiary/aromatic N) is 2. The zero-order chi connectivity index (χ0) is 19.3. The Kier molecular flexibility index (Phi) is 6.18. The SMILES string of the molecule is C=CCN(CC(F)Cc1c[n+](O)cc2ccccc12)C(=O)OC(C)(C)C. The van der Waals surface area contributed by atoms with Crippen LogP contribution in [0.15, 0.2) is 49.3 Å². The molecule has 0 saturated heterocycles. The van der Waals surface area contributed by atoms with Gasteiger partial charge in [0.25, 0.3) is 0 Å². The number of carbonyl (C=O) groups excluding carboxylic acids is 1. The Labute approximate surface area is 153 Å². The first kappa shape index (κ1) is 19.7. The highest BCUT2D eigenvalue weighted by atomic mass is 19.1. The third-order valence-electron chi connectivity index (χ3n) is 3.73. The number of fused-ring (bicyclic) bond motifs is 1. The maximum Gasteiger partial charge on any atom is 0.410 e. The van der Waals surface area contributed by atoms with Gasteiger partial charge in [0.2, 0.25) is 12.4 Å². The molecule has 2 rings (SSSR count). The Morgan fingerprint density at radius 2 is 2.08 bits per heavy atom. The van der Waals surface area contributed by atoms with Crippen molar-refractivity contribution in [2.75, 3.05) is 13.1 Å². The molecule has 0 aliphatic carbocycles. The second-order valence-electron chi connectivity index (χ2n) is 7.23. The van der Waals surface area contributed by atoms with E-state index in [0.29, 0.717) is 5.56 Å². The van der Waals surface area contributed by atoms with Crippen molar-refractivity contribution in [3.8, 4) is 0 Å². The van der Waals surface area contributed by atoms with E-state index in [2.05, 4.69) is 6.58 Å². The van der Waals surface area contributed by atoms with Gasteiger partial charge in [0.05, 0.1) is 11.9 Å². The van der Waals surface area contributed by atoms with Crippen molar-refractivity contribution < 1.29 is 23.9 Å². The summed E-state index contributed by atoms with van der Waals surface area (Å²) in [6, 6.07) is 7.45. The predicted octanol–water partition coefficient (Wildman–Crippen LogP) is 3.67. The molecule has 6 heteroatoms. The molecule has 0 aliphatic rings. The number of hydrogen-bond acceptors (Lipinski definition) is 3. The minimum absolute atomic E-state index is 0.0678. The lowest BCUT2D eigenvalue weighted by Crippen LogP contribution is -2.40.